The summed E-state index contributed by atoms with van der Waals surface area (Å²) < 4.78 is 41.7. The van der Waals surface area contributed by atoms with Gasteiger partial charge < -0.3 is 4.57 Å². The summed E-state index contributed by atoms with van der Waals surface area (Å²) in [6.07, 6.45) is -1.79. The second kappa shape index (κ2) is 6.11. The van der Waals surface area contributed by atoms with Gasteiger partial charge in [-0.3, -0.25) is 18.8 Å². The van der Waals surface area contributed by atoms with E-state index in [9.17, 15) is 22.8 Å². The van der Waals surface area contributed by atoms with Crippen LogP contribution in [-0.2, 0) is 20.1 Å². The molecule has 0 unspecified atom stereocenters. The molecule has 138 valence electrons. The highest BCUT2D eigenvalue weighted by Crippen LogP contribution is 2.23. The number of carbonyl (C=O) groups excluding carboxylic acids is 1. The molecule has 0 N–H and O–H groups in total. The third kappa shape index (κ3) is 3.14. The van der Waals surface area contributed by atoms with Gasteiger partial charge in [-0.1, -0.05) is 0 Å². The molecule has 0 atom stereocenters. The number of halogens is 3. The molecule has 10 heteroatoms. The lowest BCUT2D eigenvalue weighted by Gasteiger charge is -2.12. The number of ketones is 1. The first-order chi connectivity index (χ1) is 12.1. The molecule has 3 rings (SSSR count). The van der Waals surface area contributed by atoms with Crippen molar-refractivity contribution in [3.05, 3.63) is 45.9 Å². The number of rotatable bonds is 4. The van der Waals surface area contributed by atoms with Crippen molar-refractivity contribution in [3.8, 4) is 0 Å². The van der Waals surface area contributed by atoms with Crippen molar-refractivity contribution < 1.29 is 18.0 Å². The van der Waals surface area contributed by atoms with Gasteiger partial charge >= 0.3 is 6.18 Å². The van der Waals surface area contributed by atoms with Gasteiger partial charge in [0.1, 0.15) is 18.3 Å². The number of hydrogen-bond donors (Lipinski definition) is 0. The number of alkyl halides is 3. The molecule has 0 saturated carbocycles. The Bertz CT molecular complexity index is 1060. The molecule has 0 fully saturated rings. The Morgan fingerprint density at radius 3 is 2.62 bits per heavy atom. The summed E-state index contributed by atoms with van der Waals surface area (Å²) in [6.45, 7) is 1.48. The van der Waals surface area contributed by atoms with Crippen LogP contribution < -0.4 is 5.56 Å². The van der Waals surface area contributed by atoms with Crippen molar-refractivity contribution in [1.29, 1.82) is 0 Å². The molecule has 0 spiro atoms. The highest BCUT2D eigenvalue weighted by atomic mass is 19.4. The predicted octanol–water partition coefficient (Wildman–Crippen LogP) is 1.99. The summed E-state index contributed by atoms with van der Waals surface area (Å²) in [6, 6.07) is 1.41. The molecule has 3 aromatic rings. The van der Waals surface area contributed by atoms with Crippen molar-refractivity contribution in [2.75, 3.05) is 0 Å². The Kier molecular flexibility index (Phi) is 4.21. The minimum atomic E-state index is -4.39. The molecule has 0 bridgehead atoms. The normalized spacial score (nSPS) is 12.1. The summed E-state index contributed by atoms with van der Waals surface area (Å²) in [7, 11) is 1.64. The lowest BCUT2D eigenvalue weighted by molar-refractivity contribution is -0.141. The monoisotopic (exact) mass is 367 g/mol. The smallest absolute Gasteiger partial charge is 0.339 e. The van der Waals surface area contributed by atoms with E-state index in [1.807, 2.05) is 0 Å². The maximum absolute atomic E-state index is 12.7. The quantitative estimate of drug-likeness (QED) is 0.661. The van der Waals surface area contributed by atoms with Gasteiger partial charge in [0.25, 0.3) is 5.56 Å². The van der Waals surface area contributed by atoms with Gasteiger partial charge in [-0.05, 0) is 19.9 Å². The van der Waals surface area contributed by atoms with Crippen LogP contribution >= 0.6 is 0 Å². The molecule has 0 aliphatic carbocycles. The summed E-state index contributed by atoms with van der Waals surface area (Å²) >= 11 is 0. The van der Waals surface area contributed by atoms with Crippen molar-refractivity contribution in [2.24, 2.45) is 7.05 Å². The van der Waals surface area contributed by atoms with Crippen molar-refractivity contribution in [1.82, 2.24) is 23.9 Å². The minimum Gasteiger partial charge on any atom is -0.339 e. The molecule has 0 aliphatic rings. The van der Waals surface area contributed by atoms with Crippen LogP contribution in [0.25, 0.3) is 11.0 Å². The lowest BCUT2D eigenvalue weighted by Crippen LogP contribution is -2.25. The Balaban J connectivity index is 1.93. The summed E-state index contributed by atoms with van der Waals surface area (Å²) in [5.74, 6) is -0.460. The number of hydrogen-bond acceptors (Lipinski definition) is 4. The zero-order valence-corrected chi connectivity index (χ0v) is 14.3. The first kappa shape index (κ1) is 17.9. The average molecular weight is 367 g/mol. The minimum absolute atomic E-state index is 0.157. The third-order valence-corrected chi connectivity index (χ3v) is 4.24. The van der Waals surface area contributed by atoms with E-state index in [-0.39, 0.29) is 23.2 Å². The van der Waals surface area contributed by atoms with E-state index in [0.29, 0.717) is 11.3 Å². The predicted molar refractivity (Wildman–Crippen MR) is 87.1 cm³/mol. The van der Waals surface area contributed by atoms with Crippen LogP contribution in [0.4, 0.5) is 13.2 Å². The first-order valence-corrected chi connectivity index (χ1v) is 7.72. The van der Waals surface area contributed by atoms with Crippen LogP contribution in [0, 0.1) is 13.8 Å². The standard InChI is InChI=1S/C16H16F3N5O2/c1-9-4-11(10(2)24(9)7-16(17,18)19)13(25)6-23-8-20-14-12(15(23)26)5-21-22(14)3/h4-5,8H,6-7H2,1-3H3. The average Bonchev–Trinajstić information content (AvgIpc) is 3.04. The van der Waals surface area contributed by atoms with Gasteiger partial charge in [-0.15, -0.1) is 0 Å². The summed E-state index contributed by atoms with van der Waals surface area (Å²) in [4.78, 5) is 29.1. The van der Waals surface area contributed by atoms with E-state index >= 15 is 0 Å². The fraction of sp³-hybridized carbons (Fsp3) is 0.375. The maximum atomic E-state index is 12.7. The second-order valence-electron chi connectivity index (χ2n) is 6.09. The molecule has 0 radical (unpaired) electrons. The fourth-order valence-electron chi connectivity index (χ4n) is 2.93. The number of aryl methyl sites for hydroxylation is 2. The number of fused-ring (bicyclic) bond motifs is 1. The van der Waals surface area contributed by atoms with Gasteiger partial charge in [0, 0.05) is 24.0 Å². The van der Waals surface area contributed by atoms with Crippen molar-refractivity contribution in [3.63, 3.8) is 0 Å². The topological polar surface area (TPSA) is 74.7 Å². The van der Waals surface area contributed by atoms with E-state index in [1.54, 1.807) is 7.05 Å². The van der Waals surface area contributed by atoms with Crippen LogP contribution in [0.5, 0.6) is 0 Å². The van der Waals surface area contributed by atoms with Crippen molar-refractivity contribution in [2.45, 2.75) is 33.1 Å². The zero-order valence-electron chi connectivity index (χ0n) is 14.3. The van der Waals surface area contributed by atoms with Gasteiger partial charge in [0.2, 0.25) is 0 Å². The van der Waals surface area contributed by atoms with Crippen LogP contribution in [0.1, 0.15) is 21.7 Å². The Hall–Kier alpha value is -2.91. The van der Waals surface area contributed by atoms with E-state index in [2.05, 4.69) is 10.1 Å². The largest absolute Gasteiger partial charge is 0.406 e. The van der Waals surface area contributed by atoms with Gasteiger partial charge in [0.05, 0.1) is 12.7 Å². The number of nitrogens with zero attached hydrogens (tertiary/aromatic N) is 5. The summed E-state index contributed by atoms with van der Waals surface area (Å²) in [5, 5.41) is 4.21. The highest BCUT2D eigenvalue weighted by Gasteiger charge is 2.30. The number of aromatic nitrogens is 5. The van der Waals surface area contributed by atoms with Gasteiger partial charge in [-0.2, -0.15) is 18.3 Å². The molecule has 3 aromatic heterocycles. The van der Waals surface area contributed by atoms with E-state index < -0.39 is 24.1 Å². The number of carbonyl (C=O) groups is 1. The molecule has 0 aliphatic heterocycles. The zero-order chi connectivity index (χ0) is 19.2. The van der Waals surface area contributed by atoms with Crippen molar-refractivity contribution >= 4 is 16.8 Å². The SMILES string of the molecule is Cc1cc(C(=O)Cn2cnc3c(cnn3C)c2=O)c(C)n1CC(F)(F)F. The summed E-state index contributed by atoms with van der Waals surface area (Å²) in [5.41, 5.74) is 0.664. The van der Waals surface area contributed by atoms with Crippen LogP contribution in [0.2, 0.25) is 0 Å². The Morgan fingerprint density at radius 2 is 1.96 bits per heavy atom. The Labute approximate surface area is 145 Å². The molecule has 26 heavy (non-hydrogen) atoms. The maximum Gasteiger partial charge on any atom is 0.406 e. The number of Topliss-reactive ketones (excluding diaryl/α,β-unsaturated/α-hetero) is 1. The van der Waals surface area contributed by atoms with E-state index in [0.717, 1.165) is 9.13 Å². The van der Waals surface area contributed by atoms with Gasteiger partial charge in [0.15, 0.2) is 11.4 Å². The molecule has 3 heterocycles. The molecule has 0 amide bonds. The van der Waals surface area contributed by atoms with Gasteiger partial charge in [-0.25, -0.2) is 4.98 Å². The highest BCUT2D eigenvalue weighted by molar-refractivity contribution is 5.97. The van der Waals surface area contributed by atoms with Crippen LogP contribution in [-0.4, -0.2) is 35.9 Å². The Morgan fingerprint density at radius 1 is 1.27 bits per heavy atom. The molecular formula is C16H16F3N5O2. The molecule has 7 nitrogen and oxygen atoms in total. The van der Waals surface area contributed by atoms with E-state index in [4.69, 9.17) is 0 Å². The van der Waals surface area contributed by atoms with E-state index in [1.165, 1.54) is 37.1 Å². The second-order valence-corrected chi connectivity index (χ2v) is 6.09. The molecule has 0 aromatic carbocycles. The molecule has 0 saturated heterocycles. The third-order valence-electron chi connectivity index (χ3n) is 4.24. The fourth-order valence-corrected chi connectivity index (χ4v) is 2.93. The molecular weight excluding hydrogens is 351 g/mol. The van der Waals surface area contributed by atoms with Crippen LogP contribution in [0.15, 0.2) is 23.4 Å². The van der Waals surface area contributed by atoms with Crippen LogP contribution in [0.3, 0.4) is 0 Å². The first-order valence-electron chi connectivity index (χ1n) is 7.72. The lowest BCUT2D eigenvalue weighted by atomic mass is 10.1.